The molecular formula is C27H32N2OS. The zero-order valence-electron chi connectivity index (χ0n) is 18.7. The van der Waals surface area contributed by atoms with Crippen LogP contribution in [0.1, 0.15) is 74.7 Å². The number of hydrogen-bond acceptors (Lipinski definition) is 3. The summed E-state index contributed by atoms with van der Waals surface area (Å²) in [4.78, 5) is 18.7. The fourth-order valence-electron chi connectivity index (χ4n) is 4.43. The van der Waals surface area contributed by atoms with Gasteiger partial charge >= 0.3 is 0 Å². The largest absolute Gasteiger partial charge is 0.336 e. The summed E-state index contributed by atoms with van der Waals surface area (Å²) in [6.45, 7) is 6.54. The van der Waals surface area contributed by atoms with Gasteiger partial charge in [-0.25, -0.2) is 4.98 Å². The number of benzene rings is 2. The van der Waals surface area contributed by atoms with Gasteiger partial charge in [-0.15, -0.1) is 11.3 Å². The Bertz CT molecular complexity index is 959. The van der Waals surface area contributed by atoms with Crippen molar-refractivity contribution in [1.82, 2.24) is 10.3 Å². The number of rotatable bonds is 5. The number of carbonyl (C=O) groups is 1. The van der Waals surface area contributed by atoms with Gasteiger partial charge in [-0.2, -0.15) is 0 Å². The van der Waals surface area contributed by atoms with Gasteiger partial charge < -0.3 is 5.32 Å². The Hall–Kier alpha value is -2.46. The molecule has 0 aliphatic heterocycles. The lowest BCUT2D eigenvalue weighted by Gasteiger charge is -2.36. The quantitative estimate of drug-likeness (QED) is 0.505. The first-order valence-corrected chi connectivity index (χ1v) is 12.2. The van der Waals surface area contributed by atoms with Gasteiger partial charge in [0.15, 0.2) is 0 Å². The molecule has 162 valence electrons. The van der Waals surface area contributed by atoms with Crippen LogP contribution in [0.25, 0.3) is 0 Å². The Morgan fingerprint density at radius 3 is 1.94 bits per heavy atom. The maximum Gasteiger partial charge on any atom is 0.224 e. The van der Waals surface area contributed by atoms with E-state index in [0.717, 1.165) is 47.5 Å². The van der Waals surface area contributed by atoms with Gasteiger partial charge in [0.25, 0.3) is 0 Å². The van der Waals surface area contributed by atoms with Crippen molar-refractivity contribution >= 4 is 17.2 Å². The van der Waals surface area contributed by atoms with Crippen LogP contribution in [0.15, 0.2) is 66.0 Å². The van der Waals surface area contributed by atoms with Crippen molar-refractivity contribution in [2.75, 3.05) is 0 Å². The monoisotopic (exact) mass is 432 g/mol. The van der Waals surface area contributed by atoms with Gasteiger partial charge in [-0.3, -0.25) is 4.79 Å². The van der Waals surface area contributed by atoms with Gasteiger partial charge in [-0.1, -0.05) is 101 Å². The maximum absolute atomic E-state index is 13.6. The molecule has 4 heteroatoms. The van der Waals surface area contributed by atoms with Crippen LogP contribution in [-0.2, 0) is 15.7 Å². The van der Waals surface area contributed by atoms with Gasteiger partial charge in [0.1, 0.15) is 10.5 Å². The predicted octanol–water partition coefficient (Wildman–Crippen LogP) is 6.43. The molecule has 1 heterocycles. The minimum atomic E-state index is -0.800. The topological polar surface area (TPSA) is 42.0 Å². The van der Waals surface area contributed by atoms with E-state index >= 15 is 0 Å². The molecule has 2 aromatic carbocycles. The van der Waals surface area contributed by atoms with Gasteiger partial charge in [0.2, 0.25) is 5.91 Å². The molecule has 0 atom stereocenters. The highest BCUT2D eigenvalue weighted by molar-refractivity contribution is 7.10. The molecule has 0 unspecified atom stereocenters. The third-order valence-corrected chi connectivity index (χ3v) is 7.26. The van der Waals surface area contributed by atoms with Crippen molar-refractivity contribution < 1.29 is 4.79 Å². The second-order valence-electron chi connectivity index (χ2n) is 9.59. The molecule has 1 saturated carbocycles. The SMILES string of the molecule is CC(C)(C)c1csc(C(NC(=O)C2CCCCC2)(c2ccccc2)c2ccccc2)n1. The first-order valence-electron chi connectivity index (χ1n) is 11.3. The average molecular weight is 433 g/mol. The summed E-state index contributed by atoms with van der Waals surface area (Å²) in [5.41, 5.74) is 2.28. The number of amides is 1. The van der Waals surface area contributed by atoms with E-state index in [-0.39, 0.29) is 17.2 Å². The Kier molecular flexibility index (Phi) is 6.29. The summed E-state index contributed by atoms with van der Waals surface area (Å²) < 4.78 is 0. The molecule has 1 fully saturated rings. The first-order chi connectivity index (χ1) is 14.9. The Morgan fingerprint density at radius 1 is 0.903 bits per heavy atom. The minimum absolute atomic E-state index is 0.0543. The van der Waals surface area contributed by atoms with Crippen molar-refractivity contribution in [2.45, 2.75) is 63.8 Å². The summed E-state index contributed by atoms with van der Waals surface area (Å²) in [5, 5.41) is 6.58. The molecule has 0 saturated heterocycles. The lowest BCUT2D eigenvalue weighted by atomic mass is 9.81. The lowest BCUT2D eigenvalue weighted by Crippen LogP contribution is -2.50. The van der Waals surface area contributed by atoms with E-state index in [0.29, 0.717) is 0 Å². The van der Waals surface area contributed by atoms with Crippen molar-refractivity contribution in [2.24, 2.45) is 5.92 Å². The summed E-state index contributed by atoms with van der Waals surface area (Å²) in [6.07, 6.45) is 5.43. The normalized spacial score (nSPS) is 15.6. The molecule has 1 aliphatic rings. The van der Waals surface area contributed by atoms with Crippen molar-refractivity contribution in [1.29, 1.82) is 0 Å². The molecular weight excluding hydrogens is 400 g/mol. The van der Waals surface area contributed by atoms with E-state index in [1.54, 1.807) is 11.3 Å². The van der Waals surface area contributed by atoms with Crippen LogP contribution in [-0.4, -0.2) is 10.9 Å². The summed E-state index contributed by atoms with van der Waals surface area (Å²) in [7, 11) is 0. The van der Waals surface area contributed by atoms with Crippen molar-refractivity contribution in [3.05, 3.63) is 87.9 Å². The molecule has 1 N–H and O–H groups in total. The molecule has 31 heavy (non-hydrogen) atoms. The highest BCUT2D eigenvalue weighted by atomic mass is 32.1. The number of nitrogens with zero attached hydrogens (tertiary/aromatic N) is 1. The molecule has 3 nitrogen and oxygen atoms in total. The fraction of sp³-hybridized carbons (Fsp3) is 0.407. The van der Waals surface area contributed by atoms with Crippen LogP contribution in [0.4, 0.5) is 0 Å². The maximum atomic E-state index is 13.6. The molecule has 0 bridgehead atoms. The molecule has 4 rings (SSSR count). The minimum Gasteiger partial charge on any atom is -0.336 e. The van der Waals surface area contributed by atoms with Crippen LogP contribution < -0.4 is 5.32 Å². The van der Waals surface area contributed by atoms with E-state index in [2.05, 4.69) is 55.7 Å². The predicted molar refractivity (Wildman–Crippen MR) is 128 cm³/mol. The lowest BCUT2D eigenvalue weighted by molar-refractivity contribution is -0.127. The highest BCUT2D eigenvalue weighted by Crippen LogP contribution is 2.40. The van der Waals surface area contributed by atoms with Gasteiger partial charge in [0.05, 0.1) is 5.69 Å². The Morgan fingerprint density at radius 2 is 1.45 bits per heavy atom. The molecule has 1 amide bonds. The van der Waals surface area contributed by atoms with Crippen molar-refractivity contribution in [3.8, 4) is 0 Å². The zero-order chi connectivity index (χ0) is 21.9. The van der Waals surface area contributed by atoms with E-state index in [1.165, 1.54) is 6.42 Å². The number of aromatic nitrogens is 1. The van der Waals surface area contributed by atoms with E-state index in [1.807, 2.05) is 36.4 Å². The fourth-order valence-corrected chi connectivity index (χ4v) is 5.67. The van der Waals surface area contributed by atoms with E-state index in [4.69, 9.17) is 4.98 Å². The molecule has 0 radical (unpaired) electrons. The number of nitrogens with one attached hydrogen (secondary N) is 1. The third kappa shape index (κ3) is 4.45. The van der Waals surface area contributed by atoms with Crippen LogP contribution >= 0.6 is 11.3 Å². The van der Waals surface area contributed by atoms with Gasteiger partial charge in [-0.05, 0) is 24.0 Å². The van der Waals surface area contributed by atoms with Crippen molar-refractivity contribution in [3.63, 3.8) is 0 Å². The number of hydrogen-bond donors (Lipinski definition) is 1. The molecule has 1 aromatic heterocycles. The summed E-state index contributed by atoms with van der Waals surface area (Å²) in [5.74, 6) is 0.211. The highest BCUT2D eigenvalue weighted by Gasteiger charge is 2.42. The van der Waals surface area contributed by atoms with E-state index < -0.39 is 5.54 Å². The molecule has 3 aromatic rings. The molecule has 0 spiro atoms. The second-order valence-corrected chi connectivity index (χ2v) is 10.5. The van der Waals surface area contributed by atoms with Crippen LogP contribution in [0.3, 0.4) is 0 Å². The zero-order valence-corrected chi connectivity index (χ0v) is 19.5. The number of thiazole rings is 1. The van der Waals surface area contributed by atoms with Crippen LogP contribution in [0.2, 0.25) is 0 Å². The van der Waals surface area contributed by atoms with Crippen LogP contribution in [0.5, 0.6) is 0 Å². The third-order valence-electron chi connectivity index (χ3n) is 6.29. The summed E-state index contributed by atoms with van der Waals surface area (Å²) in [6, 6.07) is 20.6. The molecule has 1 aliphatic carbocycles. The average Bonchev–Trinajstić information content (AvgIpc) is 3.30. The Balaban J connectivity index is 1.89. The standard InChI is InChI=1S/C27H32N2OS/c1-26(2,3)23-19-31-25(28-23)27(21-15-9-5-10-16-21,22-17-11-6-12-18-22)29-24(30)20-13-7-4-8-14-20/h5-6,9-12,15-20H,4,7-8,13-14H2,1-3H3,(H,29,30). The number of carbonyl (C=O) groups excluding carboxylic acids is 1. The van der Waals surface area contributed by atoms with Crippen LogP contribution in [0, 0.1) is 5.92 Å². The first kappa shape index (κ1) is 21.8. The Labute approximate surface area is 189 Å². The summed E-state index contributed by atoms with van der Waals surface area (Å²) >= 11 is 1.64. The second kappa shape index (κ2) is 8.96. The smallest absolute Gasteiger partial charge is 0.224 e. The van der Waals surface area contributed by atoms with Gasteiger partial charge in [0, 0.05) is 16.7 Å². The van der Waals surface area contributed by atoms with E-state index in [9.17, 15) is 4.79 Å².